The average Bonchev–Trinajstić information content (AvgIpc) is 2.93. The quantitative estimate of drug-likeness (QED) is 0.260. The Morgan fingerprint density at radius 1 is 0.757 bits per heavy atom. The van der Waals surface area contributed by atoms with E-state index in [1.54, 1.807) is 29.3 Å². The van der Waals surface area contributed by atoms with Crippen LogP contribution in [-0.4, -0.2) is 33.4 Å². The van der Waals surface area contributed by atoms with Gasteiger partial charge in [0.2, 0.25) is 0 Å². The Morgan fingerprint density at radius 3 is 2.22 bits per heavy atom. The normalized spacial score (nSPS) is 10.7. The van der Waals surface area contributed by atoms with Crippen molar-refractivity contribution >= 4 is 11.9 Å². The van der Waals surface area contributed by atoms with Crippen molar-refractivity contribution in [1.82, 2.24) is 15.2 Å². The lowest BCUT2D eigenvalue weighted by molar-refractivity contribution is 0.0696. The molecule has 1 heterocycles. The molecule has 3 aromatic carbocycles. The monoisotopic (exact) mass is 493 g/mol. The van der Waals surface area contributed by atoms with Crippen molar-refractivity contribution in [2.24, 2.45) is 0 Å². The number of aryl methyl sites for hydroxylation is 1. The van der Waals surface area contributed by atoms with Gasteiger partial charge in [-0.25, -0.2) is 4.79 Å². The van der Waals surface area contributed by atoms with Gasteiger partial charge in [0, 0.05) is 24.8 Å². The maximum Gasteiger partial charge on any atom is 0.335 e. The fourth-order valence-electron chi connectivity index (χ4n) is 4.20. The summed E-state index contributed by atoms with van der Waals surface area (Å²) in [5.74, 6) is -1.12. The predicted octanol–water partition coefficient (Wildman–Crippen LogP) is 5.34. The van der Waals surface area contributed by atoms with Gasteiger partial charge in [-0.05, 0) is 72.5 Å². The van der Waals surface area contributed by atoms with Gasteiger partial charge in [0.05, 0.1) is 17.8 Å². The van der Waals surface area contributed by atoms with Gasteiger partial charge in [0.1, 0.15) is 0 Å². The summed E-state index contributed by atoms with van der Waals surface area (Å²) < 4.78 is 0. The number of carbonyl (C=O) groups excluding carboxylic acids is 1. The van der Waals surface area contributed by atoms with E-state index in [2.05, 4.69) is 34.6 Å². The first-order valence-corrected chi connectivity index (χ1v) is 12.4. The molecule has 2 N–H and O–H groups in total. The number of benzene rings is 3. The van der Waals surface area contributed by atoms with Crippen LogP contribution in [0.15, 0.2) is 103 Å². The Bertz CT molecular complexity index is 1310. The number of pyridine rings is 1. The molecule has 0 radical (unpaired) electrons. The molecule has 0 spiro atoms. The maximum atomic E-state index is 13.6. The Morgan fingerprint density at radius 2 is 1.46 bits per heavy atom. The molecular weight excluding hydrogens is 462 g/mol. The minimum absolute atomic E-state index is 0.127. The molecule has 37 heavy (non-hydrogen) atoms. The molecule has 6 heteroatoms. The Labute approximate surface area is 217 Å². The highest BCUT2D eigenvalue weighted by Crippen LogP contribution is 2.16. The number of carboxylic acids is 1. The molecule has 0 aliphatic heterocycles. The molecule has 0 fully saturated rings. The Kier molecular flexibility index (Phi) is 9.16. The van der Waals surface area contributed by atoms with Crippen LogP contribution in [0.2, 0.25) is 0 Å². The standard InChI is InChI=1S/C31H31N3O3/c35-30(27-14-6-11-25(19-27)21-32-17-8-13-24-9-2-1-3-10-24)34(23-29-16-4-5-18-33-29)22-26-12-7-15-28(20-26)31(36)37/h1-7,9-12,14-16,18-20,32H,8,13,17,21-23H2,(H,36,37). The molecule has 1 amide bonds. The number of carboxylic acid groups (broad SMARTS) is 1. The largest absolute Gasteiger partial charge is 0.478 e. The number of nitrogens with zero attached hydrogens (tertiary/aromatic N) is 2. The third kappa shape index (κ3) is 7.85. The molecule has 0 saturated heterocycles. The van der Waals surface area contributed by atoms with Gasteiger partial charge in [-0.3, -0.25) is 9.78 Å². The number of aromatic nitrogens is 1. The molecule has 0 atom stereocenters. The van der Waals surface area contributed by atoms with E-state index >= 15 is 0 Å². The first-order valence-electron chi connectivity index (χ1n) is 12.4. The highest BCUT2D eigenvalue weighted by Gasteiger charge is 2.18. The molecule has 0 aliphatic carbocycles. The Balaban J connectivity index is 1.42. The second kappa shape index (κ2) is 13.1. The van der Waals surface area contributed by atoms with E-state index in [0.29, 0.717) is 18.7 Å². The Hall–Kier alpha value is -4.29. The number of carbonyl (C=O) groups is 2. The van der Waals surface area contributed by atoms with Crippen molar-refractivity contribution in [3.05, 3.63) is 137 Å². The van der Waals surface area contributed by atoms with E-state index < -0.39 is 5.97 Å². The van der Waals surface area contributed by atoms with Crippen LogP contribution in [0.1, 0.15) is 49.5 Å². The molecule has 0 bridgehead atoms. The number of hydrogen-bond donors (Lipinski definition) is 2. The number of nitrogens with one attached hydrogen (secondary N) is 1. The van der Waals surface area contributed by atoms with Crippen molar-refractivity contribution in [2.45, 2.75) is 32.5 Å². The van der Waals surface area contributed by atoms with E-state index in [1.807, 2.05) is 54.6 Å². The van der Waals surface area contributed by atoms with Gasteiger partial charge >= 0.3 is 5.97 Å². The summed E-state index contributed by atoms with van der Waals surface area (Å²) in [6, 6.07) is 30.4. The first-order chi connectivity index (χ1) is 18.1. The number of hydrogen-bond acceptors (Lipinski definition) is 4. The average molecular weight is 494 g/mol. The maximum absolute atomic E-state index is 13.6. The second-order valence-electron chi connectivity index (χ2n) is 8.95. The van der Waals surface area contributed by atoms with Gasteiger partial charge in [0.25, 0.3) is 5.91 Å². The van der Waals surface area contributed by atoms with Crippen molar-refractivity contribution in [3.63, 3.8) is 0 Å². The zero-order chi connectivity index (χ0) is 25.9. The van der Waals surface area contributed by atoms with E-state index in [1.165, 1.54) is 5.56 Å². The van der Waals surface area contributed by atoms with E-state index in [0.717, 1.165) is 36.2 Å². The van der Waals surface area contributed by atoms with Crippen LogP contribution in [0.4, 0.5) is 0 Å². The lowest BCUT2D eigenvalue weighted by atomic mass is 10.1. The van der Waals surface area contributed by atoms with Gasteiger partial charge in [-0.2, -0.15) is 0 Å². The van der Waals surface area contributed by atoms with Gasteiger partial charge in [0.15, 0.2) is 0 Å². The van der Waals surface area contributed by atoms with Crippen LogP contribution < -0.4 is 5.32 Å². The fraction of sp³-hybridized carbons (Fsp3) is 0.194. The van der Waals surface area contributed by atoms with Gasteiger partial charge in [-0.1, -0.05) is 60.7 Å². The summed E-state index contributed by atoms with van der Waals surface area (Å²) in [5.41, 5.74) is 4.67. The predicted molar refractivity (Wildman–Crippen MR) is 144 cm³/mol. The molecule has 0 aliphatic rings. The summed E-state index contributed by atoms with van der Waals surface area (Å²) in [6.45, 7) is 2.16. The molecule has 188 valence electrons. The van der Waals surface area contributed by atoms with Crippen LogP contribution in [-0.2, 0) is 26.1 Å². The number of rotatable bonds is 12. The van der Waals surface area contributed by atoms with Crippen molar-refractivity contribution in [1.29, 1.82) is 0 Å². The second-order valence-corrected chi connectivity index (χ2v) is 8.95. The molecule has 1 aromatic heterocycles. The van der Waals surface area contributed by atoms with Crippen LogP contribution in [0, 0.1) is 0 Å². The van der Waals surface area contributed by atoms with Crippen molar-refractivity contribution < 1.29 is 14.7 Å². The molecular formula is C31H31N3O3. The van der Waals surface area contributed by atoms with Crippen molar-refractivity contribution in [2.75, 3.05) is 6.54 Å². The van der Waals surface area contributed by atoms with Crippen LogP contribution >= 0.6 is 0 Å². The molecule has 0 saturated carbocycles. The zero-order valence-corrected chi connectivity index (χ0v) is 20.7. The van der Waals surface area contributed by atoms with Crippen LogP contribution in [0.5, 0.6) is 0 Å². The van der Waals surface area contributed by atoms with Gasteiger partial charge < -0.3 is 15.3 Å². The van der Waals surface area contributed by atoms with E-state index in [9.17, 15) is 14.7 Å². The highest BCUT2D eigenvalue weighted by atomic mass is 16.4. The van der Waals surface area contributed by atoms with E-state index in [-0.39, 0.29) is 18.0 Å². The number of aromatic carboxylic acids is 1. The summed E-state index contributed by atoms with van der Waals surface area (Å²) in [5, 5.41) is 12.8. The molecule has 0 unspecified atom stereocenters. The minimum Gasteiger partial charge on any atom is -0.478 e. The summed E-state index contributed by atoms with van der Waals surface area (Å²) in [7, 11) is 0. The smallest absolute Gasteiger partial charge is 0.335 e. The zero-order valence-electron chi connectivity index (χ0n) is 20.7. The van der Waals surface area contributed by atoms with Crippen LogP contribution in [0.25, 0.3) is 0 Å². The van der Waals surface area contributed by atoms with Crippen LogP contribution in [0.3, 0.4) is 0 Å². The third-order valence-corrected chi connectivity index (χ3v) is 6.08. The molecule has 4 aromatic rings. The van der Waals surface area contributed by atoms with Crippen molar-refractivity contribution in [3.8, 4) is 0 Å². The number of amides is 1. The highest BCUT2D eigenvalue weighted by molar-refractivity contribution is 5.94. The third-order valence-electron chi connectivity index (χ3n) is 6.08. The summed E-state index contributed by atoms with van der Waals surface area (Å²) in [6.07, 6.45) is 3.76. The topological polar surface area (TPSA) is 82.5 Å². The van der Waals surface area contributed by atoms with E-state index in [4.69, 9.17) is 0 Å². The lowest BCUT2D eigenvalue weighted by Crippen LogP contribution is -2.30. The van der Waals surface area contributed by atoms with Gasteiger partial charge in [-0.15, -0.1) is 0 Å². The molecule has 4 rings (SSSR count). The first kappa shape index (κ1) is 25.8. The summed E-state index contributed by atoms with van der Waals surface area (Å²) >= 11 is 0. The molecule has 6 nitrogen and oxygen atoms in total. The fourth-order valence-corrected chi connectivity index (χ4v) is 4.20. The lowest BCUT2D eigenvalue weighted by Gasteiger charge is -2.23. The summed E-state index contributed by atoms with van der Waals surface area (Å²) in [4.78, 5) is 31.1. The minimum atomic E-state index is -0.992. The SMILES string of the molecule is O=C(O)c1cccc(CN(Cc2ccccn2)C(=O)c2cccc(CNCCCc3ccccc3)c2)c1.